The highest BCUT2D eigenvalue weighted by molar-refractivity contribution is 14.0. The second-order valence-electron chi connectivity index (χ2n) is 7.53. The van der Waals surface area contributed by atoms with E-state index in [0.717, 1.165) is 83.7 Å². The number of aliphatic imine (C=N–C) groups is 1. The van der Waals surface area contributed by atoms with Gasteiger partial charge in [0.05, 0.1) is 13.2 Å². The molecule has 0 amide bonds. The summed E-state index contributed by atoms with van der Waals surface area (Å²) in [5.41, 5.74) is 1.19. The molecule has 0 bridgehead atoms. The minimum atomic E-state index is 0. The van der Waals surface area contributed by atoms with Crippen LogP contribution in [0.25, 0.3) is 0 Å². The van der Waals surface area contributed by atoms with Gasteiger partial charge in [0.15, 0.2) is 5.96 Å². The lowest BCUT2D eigenvalue weighted by Crippen LogP contribution is -2.37. The summed E-state index contributed by atoms with van der Waals surface area (Å²) in [6.07, 6.45) is 2.08. The summed E-state index contributed by atoms with van der Waals surface area (Å²) >= 11 is 0. The van der Waals surface area contributed by atoms with Crippen LogP contribution in [-0.2, 0) is 16.0 Å². The number of hydrogen-bond acceptors (Lipinski definition) is 5. The maximum absolute atomic E-state index is 5.84. The van der Waals surface area contributed by atoms with Crippen molar-refractivity contribution >= 4 is 29.9 Å². The first-order valence-electron chi connectivity index (χ1n) is 11.3. The molecular formula is C23H41IN4O3. The van der Waals surface area contributed by atoms with E-state index >= 15 is 0 Å². The zero-order valence-corrected chi connectivity index (χ0v) is 21.7. The largest absolute Gasteiger partial charge is 0.492 e. The minimum Gasteiger partial charge on any atom is -0.492 e. The lowest BCUT2D eigenvalue weighted by Gasteiger charge is -2.18. The molecule has 1 aliphatic rings. The van der Waals surface area contributed by atoms with Crippen molar-refractivity contribution in [1.29, 1.82) is 0 Å². The number of guanidine groups is 1. The molecule has 1 aromatic carbocycles. The van der Waals surface area contributed by atoms with Crippen LogP contribution in [0.1, 0.15) is 32.3 Å². The van der Waals surface area contributed by atoms with Crippen LogP contribution in [-0.4, -0.2) is 77.1 Å². The van der Waals surface area contributed by atoms with Crippen molar-refractivity contribution in [1.82, 2.24) is 15.5 Å². The van der Waals surface area contributed by atoms with E-state index in [4.69, 9.17) is 14.2 Å². The average Bonchev–Trinajstić information content (AvgIpc) is 3.30. The molecule has 1 fully saturated rings. The Hall–Kier alpha value is -1.10. The number of rotatable bonds is 14. The van der Waals surface area contributed by atoms with E-state index in [1.54, 1.807) is 7.05 Å². The van der Waals surface area contributed by atoms with E-state index in [0.29, 0.717) is 12.5 Å². The van der Waals surface area contributed by atoms with Crippen molar-refractivity contribution in [2.24, 2.45) is 10.9 Å². The van der Waals surface area contributed by atoms with Gasteiger partial charge < -0.3 is 29.7 Å². The van der Waals surface area contributed by atoms with Crippen molar-refractivity contribution in [2.75, 3.05) is 66.3 Å². The molecule has 31 heavy (non-hydrogen) atoms. The predicted octanol–water partition coefficient (Wildman–Crippen LogP) is 3.13. The summed E-state index contributed by atoms with van der Waals surface area (Å²) in [5, 5.41) is 6.68. The lowest BCUT2D eigenvalue weighted by molar-refractivity contribution is 0.0888. The molecule has 2 N–H and O–H groups in total. The van der Waals surface area contributed by atoms with Crippen molar-refractivity contribution in [3.8, 4) is 5.75 Å². The van der Waals surface area contributed by atoms with E-state index in [2.05, 4.69) is 46.5 Å². The highest BCUT2D eigenvalue weighted by atomic mass is 127. The summed E-state index contributed by atoms with van der Waals surface area (Å²) in [6, 6.07) is 8.24. The zero-order valence-electron chi connectivity index (χ0n) is 19.4. The van der Waals surface area contributed by atoms with Gasteiger partial charge in [-0.1, -0.05) is 26.0 Å². The van der Waals surface area contributed by atoms with Gasteiger partial charge in [0.2, 0.25) is 0 Å². The minimum absolute atomic E-state index is 0. The van der Waals surface area contributed by atoms with Crippen molar-refractivity contribution < 1.29 is 14.2 Å². The molecule has 1 saturated heterocycles. The van der Waals surface area contributed by atoms with Gasteiger partial charge in [-0.15, -0.1) is 24.0 Å². The van der Waals surface area contributed by atoms with Crippen molar-refractivity contribution in [3.63, 3.8) is 0 Å². The molecule has 1 aliphatic heterocycles. The third kappa shape index (κ3) is 11.9. The summed E-state index contributed by atoms with van der Waals surface area (Å²) < 4.78 is 16.9. The fourth-order valence-electron chi connectivity index (χ4n) is 3.29. The Labute approximate surface area is 205 Å². The van der Waals surface area contributed by atoms with Gasteiger partial charge >= 0.3 is 0 Å². The Kier molecular flexibility index (Phi) is 15.7. The molecule has 0 spiro atoms. The zero-order chi connectivity index (χ0) is 21.4. The van der Waals surface area contributed by atoms with Crippen molar-refractivity contribution in [3.05, 3.63) is 29.8 Å². The Morgan fingerprint density at radius 3 is 2.58 bits per heavy atom. The number of halogens is 1. The Balaban J connectivity index is 0.00000480. The van der Waals surface area contributed by atoms with E-state index in [-0.39, 0.29) is 24.0 Å². The molecule has 0 aromatic heterocycles. The second-order valence-corrected chi connectivity index (χ2v) is 7.53. The van der Waals surface area contributed by atoms with E-state index in [1.807, 2.05) is 12.1 Å². The summed E-state index contributed by atoms with van der Waals surface area (Å²) in [4.78, 5) is 6.64. The first-order chi connectivity index (χ1) is 14.7. The third-order valence-electron chi connectivity index (χ3n) is 5.31. The molecular weight excluding hydrogens is 507 g/mol. The van der Waals surface area contributed by atoms with Crippen molar-refractivity contribution in [2.45, 2.75) is 33.2 Å². The van der Waals surface area contributed by atoms with Gasteiger partial charge in [-0.05, 0) is 43.6 Å². The number of nitrogens with zero attached hydrogens (tertiary/aromatic N) is 2. The van der Waals surface area contributed by atoms with E-state index in [1.165, 1.54) is 5.56 Å². The molecule has 1 aromatic rings. The third-order valence-corrected chi connectivity index (χ3v) is 5.31. The number of benzene rings is 1. The smallest absolute Gasteiger partial charge is 0.191 e. The second kappa shape index (κ2) is 17.5. The molecule has 2 rings (SSSR count). The maximum atomic E-state index is 5.84. The van der Waals surface area contributed by atoms with Crippen LogP contribution >= 0.6 is 24.0 Å². The topological polar surface area (TPSA) is 67.4 Å². The highest BCUT2D eigenvalue weighted by Gasteiger charge is 2.15. The predicted molar refractivity (Wildman–Crippen MR) is 138 cm³/mol. The van der Waals surface area contributed by atoms with Crippen LogP contribution in [0.15, 0.2) is 29.3 Å². The number of ether oxygens (including phenoxy) is 3. The van der Waals surface area contributed by atoms with Crippen LogP contribution in [0.3, 0.4) is 0 Å². The SMILES string of the molecule is CCN(CC)CCOc1ccc(CNC(=NC)NCCCOCC2CCOC2)cc1.I. The molecule has 0 radical (unpaired) electrons. The first-order valence-corrected chi connectivity index (χ1v) is 11.3. The monoisotopic (exact) mass is 548 g/mol. The Bertz CT molecular complexity index is 591. The lowest BCUT2D eigenvalue weighted by atomic mass is 10.1. The van der Waals surface area contributed by atoms with Crippen LogP contribution < -0.4 is 15.4 Å². The van der Waals surface area contributed by atoms with Gasteiger partial charge in [0, 0.05) is 45.8 Å². The first kappa shape index (κ1) is 27.9. The standard InChI is InChI=1S/C23H40N4O3.HI/c1-4-27(5-2)13-16-30-22-9-7-20(8-10-22)17-26-23(24-3)25-12-6-14-28-18-21-11-15-29-19-21;/h7-10,21H,4-6,11-19H2,1-3H3,(H2,24,25,26);1H. The molecule has 0 saturated carbocycles. The number of likely N-dealkylation sites (N-methyl/N-ethyl adjacent to an activating group) is 1. The van der Waals surface area contributed by atoms with E-state index < -0.39 is 0 Å². The number of nitrogens with one attached hydrogen (secondary N) is 2. The summed E-state index contributed by atoms with van der Waals surface area (Å²) in [7, 11) is 1.79. The van der Waals surface area contributed by atoms with Crippen LogP contribution in [0.4, 0.5) is 0 Å². The highest BCUT2D eigenvalue weighted by Crippen LogP contribution is 2.13. The quantitative estimate of drug-likeness (QED) is 0.161. The molecule has 1 heterocycles. The normalized spacial score (nSPS) is 16.3. The van der Waals surface area contributed by atoms with Gasteiger partial charge in [0.25, 0.3) is 0 Å². The van der Waals surface area contributed by atoms with Gasteiger partial charge in [-0.2, -0.15) is 0 Å². The van der Waals surface area contributed by atoms with Crippen LogP contribution in [0.5, 0.6) is 5.75 Å². The molecule has 0 aliphatic carbocycles. The summed E-state index contributed by atoms with van der Waals surface area (Å²) in [6.45, 7) is 13.0. The van der Waals surface area contributed by atoms with E-state index in [9.17, 15) is 0 Å². The number of hydrogen-bond donors (Lipinski definition) is 2. The Morgan fingerprint density at radius 2 is 1.94 bits per heavy atom. The Morgan fingerprint density at radius 1 is 1.16 bits per heavy atom. The van der Waals surface area contributed by atoms with Gasteiger partial charge in [-0.3, -0.25) is 4.99 Å². The molecule has 8 heteroatoms. The van der Waals surface area contributed by atoms with Gasteiger partial charge in [0.1, 0.15) is 12.4 Å². The fourth-order valence-corrected chi connectivity index (χ4v) is 3.29. The summed E-state index contributed by atoms with van der Waals surface area (Å²) in [5.74, 6) is 2.29. The average molecular weight is 549 g/mol. The maximum Gasteiger partial charge on any atom is 0.191 e. The molecule has 7 nitrogen and oxygen atoms in total. The molecule has 1 unspecified atom stereocenters. The molecule has 1 atom stereocenters. The van der Waals surface area contributed by atoms with Crippen LogP contribution in [0.2, 0.25) is 0 Å². The molecule has 178 valence electrons. The van der Waals surface area contributed by atoms with Gasteiger partial charge in [-0.25, -0.2) is 0 Å². The fraction of sp³-hybridized carbons (Fsp3) is 0.696. The van der Waals surface area contributed by atoms with Crippen LogP contribution in [0, 0.1) is 5.92 Å².